The molecule has 9 heteroatoms. The van der Waals surface area contributed by atoms with E-state index in [-0.39, 0.29) is 22.7 Å². The molecule has 2 heterocycles. The number of nitrogens with one attached hydrogen (secondary N) is 1. The standard InChI is InChI=1S/C28H31ClF2N2O4/c1-28(6-8-33(15-28)14-17-9-19(29)11-20(30)10-17)16-36-25-13-23(31)22(12-21(25)18-4-5-18)26(34)37-27(35)24-3-2-7-32-24/h9-13,18,24,32H,2-8,14-16H2,1H3/t24-,28?/m0/s1. The quantitative estimate of drug-likeness (QED) is 0.371. The van der Waals surface area contributed by atoms with Gasteiger partial charge in [0.25, 0.3) is 0 Å². The Labute approximate surface area is 220 Å². The number of halogens is 3. The number of ether oxygens (including phenoxy) is 2. The smallest absolute Gasteiger partial charge is 0.348 e. The lowest BCUT2D eigenvalue weighted by molar-refractivity contribution is -0.139. The SMILES string of the molecule is CC1(COc2cc(F)c(C(=O)OC(=O)[C@@H]3CCCN3)cc2C2CC2)CCN(Cc2cc(F)cc(Cl)c2)C1. The molecular weight excluding hydrogens is 502 g/mol. The van der Waals surface area contributed by atoms with Crippen LogP contribution in [-0.2, 0) is 16.1 Å². The molecule has 2 atom stereocenters. The van der Waals surface area contributed by atoms with Crippen molar-refractivity contribution in [2.24, 2.45) is 5.41 Å². The summed E-state index contributed by atoms with van der Waals surface area (Å²) in [4.78, 5) is 27.0. The molecule has 37 heavy (non-hydrogen) atoms. The van der Waals surface area contributed by atoms with E-state index in [1.165, 1.54) is 24.3 Å². The predicted molar refractivity (Wildman–Crippen MR) is 135 cm³/mol. The first-order valence-electron chi connectivity index (χ1n) is 12.8. The normalized spacial score (nSPS) is 23.8. The monoisotopic (exact) mass is 532 g/mol. The first kappa shape index (κ1) is 26.1. The predicted octanol–water partition coefficient (Wildman–Crippen LogP) is 5.22. The third-order valence-corrected chi connectivity index (χ3v) is 7.63. The van der Waals surface area contributed by atoms with Crippen LogP contribution in [0.2, 0.25) is 5.02 Å². The van der Waals surface area contributed by atoms with Crippen molar-refractivity contribution in [2.75, 3.05) is 26.2 Å². The van der Waals surface area contributed by atoms with Gasteiger partial charge in [-0.2, -0.15) is 0 Å². The molecule has 2 aromatic carbocycles. The van der Waals surface area contributed by atoms with E-state index in [0.717, 1.165) is 49.9 Å². The molecule has 1 aliphatic carbocycles. The lowest BCUT2D eigenvalue weighted by Gasteiger charge is -2.26. The van der Waals surface area contributed by atoms with Crippen LogP contribution in [0, 0.1) is 17.0 Å². The second-order valence-electron chi connectivity index (χ2n) is 10.8. The van der Waals surface area contributed by atoms with E-state index in [1.54, 1.807) is 6.07 Å². The second-order valence-corrected chi connectivity index (χ2v) is 11.3. The number of nitrogens with zero attached hydrogens (tertiary/aromatic N) is 1. The maximum absolute atomic E-state index is 15.0. The zero-order valence-corrected chi connectivity index (χ0v) is 21.6. The van der Waals surface area contributed by atoms with Crippen LogP contribution >= 0.6 is 11.6 Å². The van der Waals surface area contributed by atoms with Crippen molar-refractivity contribution in [1.29, 1.82) is 0 Å². The minimum absolute atomic E-state index is 0.174. The van der Waals surface area contributed by atoms with E-state index >= 15 is 4.39 Å². The summed E-state index contributed by atoms with van der Waals surface area (Å²) in [7, 11) is 0. The zero-order chi connectivity index (χ0) is 26.2. The van der Waals surface area contributed by atoms with Gasteiger partial charge in [-0.3, -0.25) is 4.90 Å². The van der Waals surface area contributed by atoms with Gasteiger partial charge in [-0.15, -0.1) is 0 Å². The van der Waals surface area contributed by atoms with Crippen molar-refractivity contribution < 1.29 is 27.8 Å². The molecule has 198 valence electrons. The van der Waals surface area contributed by atoms with Gasteiger partial charge in [0.15, 0.2) is 0 Å². The van der Waals surface area contributed by atoms with Crippen molar-refractivity contribution in [1.82, 2.24) is 10.2 Å². The number of benzene rings is 2. The van der Waals surface area contributed by atoms with Crippen molar-refractivity contribution in [3.05, 3.63) is 63.7 Å². The molecule has 0 radical (unpaired) electrons. The van der Waals surface area contributed by atoms with Crippen molar-refractivity contribution in [3.8, 4) is 5.75 Å². The van der Waals surface area contributed by atoms with Gasteiger partial charge >= 0.3 is 11.9 Å². The summed E-state index contributed by atoms with van der Waals surface area (Å²) < 4.78 is 39.8. The van der Waals surface area contributed by atoms with E-state index in [4.69, 9.17) is 21.1 Å². The average molecular weight is 533 g/mol. The molecule has 0 bridgehead atoms. The Balaban J connectivity index is 1.23. The highest BCUT2D eigenvalue weighted by Crippen LogP contribution is 2.46. The van der Waals surface area contributed by atoms with Gasteiger partial charge in [-0.25, -0.2) is 18.4 Å². The van der Waals surface area contributed by atoms with E-state index < -0.39 is 23.8 Å². The highest BCUT2D eigenvalue weighted by Gasteiger charge is 2.36. The Morgan fingerprint density at radius 2 is 1.97 bits per heavy atom. The fraction of sp³-hybridized carbons (Fsp3) is 0.500. The third-order valence-electron chi connectivity index (χ3n) is 7.42. The number of esters is 2. The highest BCUT2D eigenvalue weighted by molar-refractivity contribution is 6.30. The van der Waals surface area contributed by atoms with Crippen LogP contribution in [0.4, 0.5) is 8.78 Å². The summed E-state index contributed by atoms with van der Waals surface area (Å²) in [5.74, 6) is -2.14. The molecule has 3 aliphatic rings. The largest absolute Gasteiger partial charge is 0.493 e. The molecule has 2 aromatic rings. The second kappa shape index (κ2) is 10.7. The van der Waals surface area contributed by atoms with Crippen molar-refractivity contribution in [2.45, 2.75) is 57.5 Å². The lowest BCUT2D eigenvalue weighted by atomic mass is 9.91. The van der Waals surface area contributed by atoms with E-state index in [9.17, 15) is 14.0 Å². The summed E-state index contributed by atoms with van der Waals surface area (Å²) in [6.07, 6.45) is 4.17. The molecule has 2 aliphatic heterocycles. The molecule has 0 amide bonds. The van der Waals surface area contributed by atoms with Crippen LogP contribution in [0.25, 0.3) is 0 Å². The van der Waals surface area contributed by atoms with Crippen molar-refractivity contribution >= 4 is 23.5 Å². The lowest BCUT2D eigenvalue weighted by Crippen LogP contribution is -2.34. The molecule has 0 aromatic heterocycles. The van der Waals surface area contributed by atoms with Gasteiger partial charge in [0.05, 0.1) is 12.2 Å². The molecule has 0 spiro atoms. The number of carbonyl (C=O) groups is 2. The fourth-order valence-electron chi connectivity index (χ4n) is 5.26. The first-order chi connectivity index (χ1) is 17.7. The molecular formula is C28H31ClF2N2O4. The molecule has 1 saturated carbocycles. The minimum atomic E-state index is -0.972. The highest BCUT2D eigenvalue weighted by atomic mass is 35.5. The molecule has 2 saturated heterocycles. The maximum atomic E-state index is 15.0. The number of hydrogen-bond donors (Lipinski definition) is 1. The number of likely N-dealkylation sites (tertiary alicyclic amines) is 1. The Bertz CT molecular complexity index is 1180. The van der Waals surface area contributed by atoms with E-state index in [1.807, 2.05) is 0 Å². The van der Waals surface area contributed by atoms with Gasteiger partial charge in [0, 0.05) is 29.6 Å². The van der Waals surface area contributed by atoms with Crippen LogP contribution < -0.4 is 10.1 Å². The Morgan fingerprint density at radius 1 is 1.16 bits per heavy atom. The maximum Gasteiger partial charge on any atom is 0.348 e. The molecule has 5 rings (SSSR count). The number of carbonyl (C=O) groups excluding carboxylic acids is 2. The average Bonchev–Trinajstić information content (AvgIpc) is 3.38. The molecule has 6 nitrogen and oxygen atoms in total. The fourth-order valence-corrected chi connectivity index (χ4v) is 5.51. The van der Waals surface area contributed by atoms with Crippen LogP contribution in [0.15, 0.2) is 30.3 Å². The molecule has 1 N–H and O–H groups in total. The van der Waals surface area contributed by atoms with Gasteiger partial charge < -0.3 is 14.8 Å². The van der Waals surface area contributed by atoms with Crippen LogP contribution in [-0.4, -0.2) is 49.1 Å². The van der Waals surface area contributed by atoms with E-state index in [0.29, 0.717) is 36.9 Å². The number of hydrogen-bond acceptors (Lipinski definition) is 6. The first-order valence-corrected chi connectivity index (χ1v) is 13.2. The van der Waals surface area contributed by atoms with Gasteiger partial charge in [-0.05, 0) is 86.5 Å². The summed E-state index contributed by atoms with van der Waals surface area (Å²) in [6, 6.07) is 6.75. The van der Waals surface area contributed by atoms with Crippen molar-refractivity contribution in [3.63, 3.8) is 0 Å². The van der Waals surface area contributed by atoms with Crippen LogP contribution in [0.1, 0.15) is 66.4 Å². The molecule has 1 unspecified atom stereocenters. The van der Waals surface area contributed by atoms with Gasteiger partial charge in [0.2, 0.25) is 0 Å². The van der Waals surface area contributed by atoms with Gasteiger partial charge in [-0.1, -0.05) is 18.5 Å². The number of rotatable bonds is 8. The minimum Gasteiger partial charge on any atom is -0.493 e. The summed E-state index contributed by atoms with van der Waals surface area (Å²) >= 11 is 5.99. The Morgan fingerprint density at radius 3 is 2.68 bits per heavy atom. The zero-order valence-electron chi connectivity index (χ0n) is 20.8. The van der Waals surface area contributed by atoms with Gasteiger partial charge in [0.1, 0.15) is 23.4 Å². The van der Waals surface area contributed by atoms with Crippen LogP contribution in [0.5, 0.6) is 5.75 Å². The van der Waals surface area contributed by atoms with Crippen LogP contribution in [0.3, 0.4) is 0 Å². The molecule has 3 fully saturated rings. The topological polar surface area (TPSA) is 67.9 Å². The Kier molecular flexibility index (Phi) is 7.52. The third kappa shape index (κ3) is 6.30. The van der Waals surface area contributed by atoms with E-state index in [2.05, 4.69) is 17.1 Å². The Hall–Kier alpha value is -2.55. The summed E-state index contributed by atoms with van der Waals surface area (Å²) in [6.45, 7) is 5.34. The summed E-state index contributed by atoms with van der Waals surface area (Å²) in [5, 5.41) is 3.36. The summed E-state index contributed by atoms with van der Waals surface area (Å²) in [5.41, 5.74) is 1.17.